The average molecular weight is 203 g/mol. The quantitative estimate of drug-likeness (QED) is 0.702. The van der Waals surface area contributed by atoms with Crippen molar-refractivity contribution in [2.24, 2.45) is 0 Å². The van der Waals surface area contributed by atoms with Gasteiger partial charge in [0.25, 0.3) is 5.76 Å². The minimum absolute atomic E-state index is 0.0746. The van der Waals surface area contributed by atoms with Crippen molar-refractivity contribution in [3.05, 3.63) is 47.7 Å². The zero-order chi connectivity index (χ0) is 10.8. The van der Waals surface area contributed by atoms with Crippen molar-refractivity contribution in [2.45, 2.75) is 6.92 Å². The number of aryl methyl sites for hydroxylation is 1. The van der Waals surface area contributed by atoms with E-state index in [0.717, 1.165) is 5.56 Å². The number of rotatable bonds is 2. The molecular weight excluding hydrogens is 192 g/mol. The van der Waals surface area contributed by atoms with Gasteiger partial charge in [-0.1, -0.05) is 29.8 Å². The number of hydrogen-bond acceptors (Lipinski definition) is 2. The molecule has 0 bridgehead atoms. The molecule has 0 saturated heterocycles. The summed E-state index contributed by atoms with van der Waals surface area (Å²) in [6.45, 7) is 2.00. The molecule has 0 aliphatic carbocycles. The van der Waals surface area contributed by atoms with E-state index in [1.54, 1.807) is 6.07 Å². The minimum atomic E-state index is -0.798. The Hall–Kier alpha value is -2.03. The third kappa shape index (κ3) is 1.91. The molecule has 0 radical (unpaired) electrons. The molecule has 2 rings (SSSR count). The summed E-state index contributed by atoms with van der Waals surface area (Å²) in [6, 6.07) is 11.0. The van der Waals surface area contributed by atoms with Gasteiger partial charge >= 0.3 is 5.97 Å². The second-order valence-corrected chi connectivity index (χ2v) is 3.36. The molecule has 76 valence electrons. The van der Waals surface area contributed by atoms with Crippen LogP contribution in [0.3, 0.4) is 0 Å². The maximum Gasteiger partial charge on any atom is 0.584 e. The molecule has 1 aromatic heterocycles. The lowest BCUT2D eigenvalue weighted by Crippen LogP contribution is -1.91. The van der Waals surface area contributed by atoms with Crippen molar-refractivity contribution in [1.82, 2.24) is 0 Å². The fraction of sp³-hybridized carbons (Fsp3) is 0.0833. The number of hydrogen-bond donors (Lipinski definition) is 0. The monoisotopic (exact) mass is 203 g/mol. The van der Waals surface area contributed by atoms with Gasteiger partial charge in [-0.25, -0.2) is 0 Å². The lowest BCUT2D eigenvalue weighted by Gasteiger charge is -1.96. The summed E-state index contributed by atoms with van der Waals surface area (Å²) in [5.74, 6) is -0.107. The van der Waals surface area contributed by atoms with Crippen LogP contribution in [0.5, 0.6) is 0 Å². The largest absolute Gasteiger partial charge is 0.584 e. The Morgan fingerprint density at radius 3 is 2.33 bits per heavy atom. The van der Waals surface area contributed by atoms with Crippen LogP contribution in [0.4, 0.5) is 0 Å². The first-order valence-electron chi connectivity index (χ1n) is 4.59. The van der Waals surface area contributed by atoms with Crippen molar-refractivity contribution in [3.8, 4) is 11.3 Å². The maximum atomic E-state index is 10.7. The van der Waals surface area contributed by atoms with Gasteiger partial charge in [0.1, 0.15) is 5.76 Å². The molecule has 15 heavy (non-hydrogen) atoms. The average Bonchev–Trinajstić information content (AvgIpc) is 2.68. The van der Waals surface area contributed by atoms with E-state index in [0.29, 0.717) is 5.76 Å². The van der Waals surface area contributed by atoms with Crippen molar-refractivity contribution in [3.63, 3.8) is 0 Å². The summed E-state index contributed by atoms with van der Waals surface area (Å²) in [4.78, 5) is 10.7. The predicted octanol–water partition coefficient (Wildman–Crippen LogP) is 2.12. The van der Waals surface area contributed by atoms with Crippen molar-refractivity contribution < 1.29 is 14.3 Å². The molecular formula is C12H11O3+. The van der Waals surface area contributed by atoms with E-state index in [-0.39, 0.29) is 5.76 Å². The zero-order valence-corrected chi connectivity index (χ0v) is 8.28. The second-order valence-electron chi connectivity index (χ2n) is 3.36. The Labute approximate surface area is 87.0 Å². The molecule has 0 saturated carbocycles. The first kappa shape index (κ1) is 9.52. The number of furan rings is 1. The van der Waals surface area contributed by atoms with E-state index < -0.39 is 5.97 Å². The molecule has 2 N–H and O–H groups in total. The maximum absolute atomic E-state index is 10.7. The van der Waals surface area contributed by atoms with E-state index in [9.17, 15) is 4.79 Å². The summed E-state index contributed by atoms with van der Waals surface area (Å²) >= 11 is 0. The fourth-order valence-corrected chi connectivity index (χ4v) is 1.33. The second kappa shape index (κ2) is 3.61. The van der Waals surface area contributed by atoms with Crippen molar-refractivity contribution in [2.75, 3.05) is 0 Å². The van der Waals surface area contributed by atoms with Crippen LogP contribution in [-0.4, -0.2) is 11.1 Å². The third-order valence-electron chi connectivity index (χ3n) is 2.17. The molecule has 3 heteroatoms. The van der Waals surface area contributed by atoms with Gasteiger partial charge in [0.15, 0.2) is 0 Å². The summed E-state index contributed by atoms with van der Waals surface area (Å²) in [5.41, 5.74) is 2.08. The van der Waals surface area contributed by atoms with Crippen LogP contribution < -0.4 is 0 Å². The molecule has 3 nitrogen and oxygen atoms in total. The van der Waals surface area contributed by atoms with Crippen LogP contribution in [-0.2, 0) is 0 Å². The molecule has 0 aliphatic rings. The summed E-state index contributed by atoms with van der Waals surface area (Å²) in [7, 11) is 0. The highest BCUT2D eigenvalue weighted by atomic mass is 16.4. The molecule has 0 spiro atoms. The van der Waals surface area contributed by atoms with Gasteiger partial charge in [0.05, 0.1) is 4.79 Å². The van der Waals surface area contributed by atoms with Gasteiger partial charge in [0.2, 0.25) is 0 Å². The van der Waals surface area contributed by atoms with E-state index in [2.05, 4.69) is 0 Å². The van der Waals surface area contributed by atoms with E-state index in [1.165, 1.54) is 11.6 Å². The SMILES string of the molecule is Cc1ccc(-c2ccc(C(=O)[OH2+])o2)cc1. The molecule has 0 amide bonds. The van der Waals surface area contributed by atoms with Crippen LogP contribution in [0.1, 0.15) is 16.1 Å². The van der Waals surface area contributed by atoms with Gasteiger partial charge < -0.3 is 9.52 Å². The highest BCUT2D eigenvalue weighted by molar-refractivity contribution is 5.85. The Bertz CT molecular complexity index is 480. The molecule has 0 atom stereocenters. The number of carbonyl (C=O) groups excluding carboxylic acids is 1. The predicted molar refractivity (Wildman–Crippen MR) is 56.8 cm³/mol. The normalized spacial score (nSPS) is 10.2. The van der Waals surface area contributed by atoms with Crippen molar-refractivity contribution in [1.29, 1.82) is 0 Å². The van der Waals surface area contributed by atoms with E-state index in [4.69, 9.17) is 9.52 Å². The van der Waals surface area contributed by atoms with E-state index >= 15 is 0 Å². The Kier molecular flexibility index (Phi) is 2.29. The zero-order valence-electron chi connectivity index (χ0n) is 8.28. The molecule has 0 fully saturated rings. The lowest BCUT2D eigenvalue weighted by atomic mass is 10.1. The molecule has 0 unspecified atom stereocenters. The van der Waals surface area contributed by atoms with Gasteiger partial charge in [0, 0.05) is 5.56 Å². The number of benzene rings is 1. The lowest BCUT2D eigenvalue weighted by molar-refractivity contribution is 0.0663. The minimum Gasteiger partial charge on any atom is -0.559 e. The van der Waals surface area contributed by atoms with Crippen LogP contribution in [0.2, 0.25) is 0 Å². The smallest absolute Gasteiger partial charge is 0.559 e. The third-order valence-corrected chi connectivity index (χ3v) is 2.17. The van der Waals surface area contributed by atoms with Crippen LogP contribution in [0.25, 0.3) is 11.3 Å². The molecule has 2 aromatic rings. The molecule has 1 aromatic carbocycles. The van der Waals surface area contributed by atoms with Gasteiger partial charge in [-0.05, 0) is 19.1 Å². The van der Waals surface area contributed by atoms with Crippen LogP contribution in [0.15, 0.2) is 40.8 Å². The number of carbonyl (C=O) groups is 1. The van der Waals surface area contributed by atoms with Crippen LogP contribution in [0, 0.1) is 6.92 Å². The van der Waals surface area contributed by atoms with Crippen LogP contribution >= 0.6 is 0 Å². The molecule has 1 heterocycles. The Morgan fingerprint density at radius 1 is 1.13 bits per heavy atom. The highest BCUT2D eigenvalue weighted by Crippen LogP contribution is 2.22. The summed E-state index contributed by atoms with van der Waals surface area (Å²) in [5, 5.41) is 6.90. The first-order chi connectivity index (χ1) is 7.16. The fourth-order valence-electron chi connectivity index (χ4n) is 1.33. The summed E-state index contributed by atoms with van der Waals surface area (Å²) < 4.78 is 5.23. The summed E-state index contributed by atoms with van der Waals surface area (Å²) in [6.07, 6.45) is 0. The Balaban J connectivity index is 2.37. The van der Waals surface area contributed by atoms with E-state index in [1.807, 2.05) is 31.2 Å². The molecule has 0 aliphatic heterocycles. The first-order valence-corrected chi connectivity index (χ1v) is 4.59. The Morgan fingerprint density at radius 2 is 1.80 bits per heavy atom. The highest BCUT2D eigenvalue weighted by Gasteiger charge is 2.16. The van der Waals surface area contributed by atoms with Gasteiger partial charge in [-0.2, -0.15) is 0 Å². The van der Waals surface area contributed by atoms with Gasteiger partial charge in [-0.3, -0.25) is 0 Å². The topological polar surface area (TPSA) is 53.1 Å². The standard InChI is InChI=1S/C12H10O3/c1-8-2-4-9(5-3-8)10-6-7-11(15-10)12(13)14/h2-7H,1H3,(H,13,14)/p+1. The van der Waals surface area contributed by atoms with Crippen molar-refractivity contribution >= 4 is 5.97 Å². The van der Waals surface area contributed by atoms with Gasteiger partial charge in [-0.15, -0.1) is 0 Å².